The molecule has 0 aliphatic heterocycles. The molecule has 0 spiro atoms. The van der Waals surface area contributed by atoms with Crippen molar-refractivity contribution in [2.24, 2.45) is 5.18 Å². The van der Waals surface area contributed by atoms with Gasteiger partial charge in [-0.15, -0.1) is 0 Å². The van der Waals surface area contributed by atoms with Crippen LogP contribution in [-0.4, -0.2) is 4.98 Å². The molecule has 1 N–H and O–H groups in total. The molecule has 2 aromatic rings. The van der Waals surface area contributed by atoms with Crippen molar-refractivity contribution in [1.29, 1.82) is 0 Å². The molecule has 1 heterocycles. The zero-order chi connectivity index (χ0) is 8.39. The van der Waals surface area contributed by atoms with Crippen molar-refractivity contribution in [3.63, 3.8) is 0 Å². The van der Waals surface area contributed by atoms with E-state index < -0.39 is 0 Å². The van der Waals surface area contributed by atoms with Crippen molar-refractivity contribution in [3.05, 3.63) is 40.9 Å². The molecule has 0 unspecified atom stereocenters. The number of para-hydroxylation sites is 1. The van der Waals surface area contributed by atoms with Gasteiger partial charge in [0.25, 0.3) is 0 Å². The van der Waals surface area contributed by atoms with Gasteiger partial charge in [0, 0.05) is 11.8 Å². The smallest absolute Gasteiger partial charge is 0.108 e. The standard InChI is InChI=1S/C9H8N2O/c12-11-6-8-3-1-2-7-4-5-10-9(7)8/h1-5,10H,6H2. The van der Waals surface area contributed by atoms with Gasteiger partial charge in [0.2, 0.25) is 0 Å². The Labute approximate surface area is 69.4 Å². The summed E-state index contributed by atoms with van der Waals surface area (Å²) in [5.74, 6) is 0. The number of hydrogen-bond acceptors (Lipinski definition) is 2. The third-order valence-corrected chi connectivity index (χ3v) is 1.91. The number of aromatic nitrogens is 1. The van der Waals surface area contributed by atoms with Gasteiger partial charge in [-0.3, -0.25) is 0 Å². The maximum atomic E-state index is 10.1. The van der Waals surface area contributed by atoms with Gasteiger partial charge < -0.3 is 4.98 Å². The van der Waals surface area contributed by atoms with Crippen LogP contribution in [0.15, 0.2) is 35.6 Å². The fourth-order valence-corrected chi connectivity index (χ4v) is 1.35. The Bertz CT molecular complexity index is 406. The highest BCUT2D eigenvalue weighted by Crippen LogP contribution is 2.17. The first-order valence-corrected chi connectivity index (χ1v) is 3.76. The van der Waals surface area contributed by atoms with Gasteiger partial charge in [-0.05, 0) is 11.5 Å². The first kappa shape index (κ1) is 7.03. The van der Waals surface area contributed by atoms with Crippen LogP contribution in [0.3, 0.4) is 0 Å². The van der Waals surface area contributed by atoms with Crippen molar-refractivity contribution in [1.82, 2.24) is 4.98 Å². The summed E-state index contributed by atoms with van der Waals surface area (Å²) in [4.78, 5) is 13.2. The van der Waals surface area contributed by atoms with Crippen LogP contribution in [0.4, 0.5) is 0 Å². The molecule has 1 aromatic carbocycles. The van der Waals surface area contributed by atoms with Crippen molar-refractivity contribution < 1.29 is 0 Å². The Morgan fingerprint density at radius 2 is 2.25 bits per heavy atom. The van der Waals surface area contributed by atoms with Gasteiger partial charge in [-0.2, -0.15) is 4.91 Å². The molecule has 3 heteroatoms. The highest BCUT2D eigenvalue weighted by molar-refractivity contribution is 5.82. The summed E-state index contributed by atoms with van der Waals surface area (Å²) in [6.07, 6.45) is 1.86. The largest absolute Gasteiger partial charge is 0.361 e. The summed E-state index contributed by atoms with van der Waals surface area (Å²) in [6, 6.07) is 7.81. The van der Waals surface area contributed by atoms with Crippen LogP contribution >= 0.6 is 0 Å². The average Bonchev–Trinajstić information content (AvgIpc) is 2.53. The van der Waals surface area contributed by atoms with Crippen LogP contribution in [0.25, 0.3) is 10.9 Å². The van der Waals surface area contributed by atoms with Crippen molar-refractivity contribution >= 4 is 10.9 Å². The fraction of sp³-hybridized carbons (Fsp3) is 0.111. The average molecular weight is 160 g/mol. The summed E-state index contributed by atoms with van der Waals surface area (Å²) in [5, 5.41) is 3.99. The number of nitrogens with one attached hydrogen (secondary N) is 1. The number of nitroso groups, excluding NO2 is 1. The minimum Gasteiger partial charge on any atom is -0.361 e. The molecule has 0 atom stereocenters. The van der Waals surface area contributed by atoms with E-state index in [1.807, 2.05) is 30.5 Å². The third-order valence-electron chi connectivity index (χ3n) is 1.91. The second-order valence-electron chi connectivity index (χ2n) is 2.65. The number of fused-ring (bicyclic) bond motifs is 1. The van der Waals surface area contributed by atoms with E-state index in [9.17, 15) is 4.91 Å². The lowest BCUT2D eigenvalue weighted by Crippen LogP contribution is -1.81. The van der Waals surface area contributed by atoms with Crippen LogP contribution in [0.5, 0.6) is 0 Å². The summed E-state index contributed by atoms with van der Waals surface area (Å²) in [6.45, 7) is 0.234. The molecule has 0 radical (unpaired) electrons. The van der Waals surface area contributed by atoms with Gasteiger partial charge in [0.15, 0.2) is 0 Å². The number of H-pyrrole nitrogens is 1. The fourth-order valence-electron chi connectivity index (χ4n) is 1.35. The van der Waals surface area contributed by atoms with Crippen LogP contribution in [0.2, 0.25) is 0 Å². The van der Waals surface area contributed by atoms with E-state index in [1.54, 1.807) is 0 Å². The predicted octanol–water partition coefficient (Wildman–Crippen LogP) is 2.43. The third kappa shape index (κ3) is 0.993. The van der Waals surface area contributed by atoms with E-state index in [4.69, 9.17) is 0 Å². The first-order chi connectivity index (χ1) is 5.92. The van der Waals surface area contributed by atoms with Gasteiger partial charge in [-0.25, -0.2) is 0 Å². The molecule has 0 saturated heterocycles. The van der Waals surface area contributed by atoms with Crippen molar-refractivity contribution in [2.75, 3.05) is 0 Å². The quantitative estimate of drug-likeness (QED) is 0.674. The lowest BCUT2D eigenvalue weighted by atomic mass is 10.1. The van der Waals surface area contributed by atoms with Crippen LogP contribution < -0.4 is 0 Å². The Hall–Kier alpha value is -1.64. The number of nitrogens with zero attached hydrogens (tertiary/aromatic N) is 1. The molecule has 0 amide bonds. The summed E-state index contributed by atoms with van der Waals surface area (Å²) in [7, 11) is 0. The van der Waals surface area contributed by atoms with Crippen LogP contribution in [-0.2, 0) is 6.54 Å². The molecule has 0 saturated carbocycles. The number of benzene rings is 1. The lowest BCUT2D eigenvalue weighted by molar-refractivity contribution is 1.06. The van der Waals surface area contributed by atoms with Crippen molar-refractivity contribution in [2.45, 2.75) is 6.54 Å². The molecule has 0 aliphatic rings. The number of aromatic amines is 1. The van der Waals surface area contributed by atoms with Gasteiger partial charge >= 0.3 is 0 Å². The number of rotatable bonds is 2. The minimum absolute atomic E-state index is 0.234. The molecular weight excluding hydrogens is 152 g/mol. The van der Waals surface area contributed by atoms with E-state index >= 15 is 0 Å². The zero-order valence-corrected chi connectivity index (χ0v) is 6.45. The van der Waals surface area contributed by atoms with E-state index in [1.165, 1.54) is 0 Å². The normalized spacial score (nSPS) is 10.3. The summed E-state index contributed by atoms with van der Waals surface area (Å²) >= 11 is 0. The Kier molecular flexibility index (Phi) is 1.63. The molecule has 1 aromatic heterocycles. The topological polar surface area (TPSA) is 45.2 Å². The Morgan fingerprint density at radius 1 is 1.33 bits per heavy atom. The second kappa shape index (κ2) is 2.77. The maximum Gasteiger partial charge on any atom is 0.108 e. The highest BCUT2D eigenvalue weighted by atomic mass is 16.3. The van der Waals surface area contributed by atoms with Gasteiger partial charge in [0.05, 0.1) is 5.52 Å². The van der Waals surface area contributed by atoms with Gasteiger partial charge in [-0.1, -0.05) is 23.4 Å². The molecule has 2 rings (SSSR count). The summed E-state index contributed by atoms with van der Waals surface area (Å²) < 4.78 is 0. The van der Waals surface area contributed by atoms with E-state index in [0.717, 1.165) is 16.5 Å². The predicted molar refractivity (Wildman–Crippen MR) is 47.8 cm³/mol. The Balaban J connectivity index is 2.65. The monoisotopic (exact) mass is 160 g/mol. The Morgan fingerprint density at radius 3 is 3.08 bits per heavy atom. The molecule has 3 nitrogen and oxygen atoms in total. The molecule has 0 fully saturated rings. The molecule has 0 aliphatic carbocycles. The van der Waals surface area contributed by atoms with Gasteiger partial charge in [0.1, 0.15) is 6.54 Å². The molecule has 12 heavy (non-hydrogen) atoms. The molecular formula is C9H8N2O. The van der Waals surface area contributed by atoms with E-state index in [-0.39, 0.29) is 6.54 Å². The van der Waals surface area contributed by atoms with E-state index in [0.29, 0.717) is 0 Å². The van der Waals surface area contributed by atoms with E-state index in [2.05, 4.69) is 10.2 Å². The second-order valence-corrected chi connectivity index (χ2v) is 2.65. The minimum atomic E-state index is 0.234. The van der Waals surface area contributed by atoms with Crippen LogP contribution in [0, 0.1) is 4.91 Å². The zero-order valence-electron chi connectivity index (χ0n) is 6.45. The number of hydrogen-bond donors (Lipinski definition) is 1. The SMILES string of the molecule is O=NCc1cccc2cc[nH]c12. The molecule has 60 valence electrons. The van der Waals surface area contributed by atoms with Crippen LogP contribution in [0.1, 0.15) is 5.56 Å². The van der Waals surface area contributed by atoms with Crippen molar-refractivity contribution in [3.8, 4) is 0 Å². The highest BCUT2D eigenvalue weighted by Gasteiger charge is 1.99. The molecule has 0 bridgehead atoms. The summed E-state index contributed by atoms with van der Waals surface area (Å²) in [5.41, 5.74) is 1.96. The first-order valence-electron chi connectivity index (χ1n) is 3.76. The maximum absolute atomic E-state index is 10.1. The lowest BCUT2D eigenvalue weighted by Gasteiger charge is -1.95.